The number of amides is 2. The summed E-state index contributed by atoms with van der Waals surface area (Å²) in [7, 11) is 0. The van der Waals surface area contributed by atoms with Crippen molar-refractivity contribution < 1.29 is 9.59 Å². The number of hydrogen-bond donors (Lipinski definition) is 1. The summed E-state index contributed by atoms with van der Waals surface area (Å²) in [5.41, 5.74) is 2.23. The van der Waals surface area contributed by atoms with Crippen LogP contribution in [0, 0.1) is 0 Å². The van der Waals surface area contributed by atoms with Crippen LogP contribution in [0.3, 0.4) is 0 Å². The number of hydrogen-bond acceptors (Lipinski definition) is 2. The number of carbonyl (C=O) groups excluding carboxylic acids is 2. The first-order chi connectivity index (χ1) is 13.6. The molecule has 0 aliphatic carbocycles. The van der Waals surface area contributed by atoms with Crippen LogP contribution < -0.4 is 5.32 Å². The SMILES string of the molecule is C.CC[C@@H](NC(=O)Cc1ccccc1)C(=O)N1CCC(c2ccc(Cl)cc2)CC1. The summed E-state index contributed by atoms with van der Waals surface area (Å²) in [6, 6.07) is 17.1. The molecule has 0 unspecified atom stereocenters. The normalized spacial score (nSPS) is 15.3. The zero-order chi connectivity index (χ0) is 19.9. The number of halogens is 1. The van der Waals surface area contributed by atoms with Crippen molar-refractivity contribution in [3.63, 3.8) is 0 Å². The van der Waals surface area contributed by atoms with E-state index in [0.717, 1.165) is 36.5 Å². The van der Waals surface area contributed by atoms with E-state index >= 15 is 0 Å². The highest BCUT2D eigenvalue weighted by atomic mass is 35.5. The summed E-state index contributed by atoms with van der Waals surface area (Å²) in [5, 5.41) is 3.66. The van der Waals surface area contributed by atoms with Crippen molar-refractivity contribution in [2.75, 3.05) is 13.1 Å². The first-order valence-electron chi connectivity index (χ1n) is 9.94. The highest BCUT2D eigenvalue weighted by Crippen LogP contribution is 2.29. The molecular weight excluding hydrogens is 384 g/mol. The monoisotopic (exact) mass is 414 g/mol. The average molecular weight is 415 g/mol. The summed E-state index contributed by atoms with van der Waals surface area (Å²) >= 11 is 5.97. The second kappa shape index (κ2) is 11.0. The van der Waals surface area contributed by atoms with Crippen LogP contribution in [0.1, 0.15) is 50.7 Å². The fourth-order valence-electron chi connectivity index (χ4n) is 3.75. The molecule has 1 saturated heterocycles. The van der Waals surface area contributed by atoms with E-state index in [-0.39, 0.29) is 19.2 Å². The molecule has 2 amide bonds. The first kappa shape index (κ1) is 23.0. The second-order valence-electron chi connectivity index (χ2n) is 7.34. The summed E-state index contributed by atoms with van der Waals surface area (Å²) in [5.74, 6) is 0.370. The predicted molar refractivity (Wildman–Crippen MR) is 119 cm³/mol. The van der Waals surface area contributed by atoms with Crippen molar-refractivity contribution in [3.05, 3.63) is 70.7 Å². The predicted octanol–water partition coefficient (Wildman–Crippen LogP) is 4.82. The van der Waals surface area contributed by atoms with Gasteiger partial charge in [0.15, 0.2) is 0 Å². The van der Waals surface area contributed by atoms with Crippen LogP contribution in [0.5, 0.6) is 0 Å². The largest absolute Gasteiger partial charge is 0.344 e. The van der Waals surface area contributed by atoms with E-state index in [9.17, 15) is 9.59 Å². The maximum absolute atomic E-state index is 12.9. The minimum Gasteiger partial charge on any atom is -0.344 e. The van der Waals surface area contributed by atoms with Gasteiger partial charge in [0.2, 0.25) is 11.8 Å². The van der Waals surface area contributed by atoms with Gasteiger partial charge in [-0.05, 0) is 48.4 Å². The standard InChI is InChI=1S/C23H27ClN2O2.CH4/c1-2-21(25-22(27)16-17-6-4-3-5-7-17)23(28)26-14-12-19(13-15-26)18-8-10-20(24)11-9-18;/h3-11,19,21H,2,12-16H2,1H3,(H,25,27);1H4/t21-;/m1./s1. The summed E-state index contributed by atoms with van der Waals surface area (Å²) in [6.45, 7) is 3.38. The molecule has 2 aromatic carbocycles. The third-order valence-electron chi connectivity index (χ3n) is 5.40. The Kier molecular flexibility index (Phi) is 8.71. The molecule has 0 bridgehead atoms. The number of carbonyl (C=O) groups is 2. The maximum Gasteiger partial charge on any atom is 0.245 e. The molecule has 1 fully saturated rings. The maximum atomic E-state index is 12.9. The molecule has 2 aromatic rings. The number of piperidine rings is 1. The lowest BCUT2D eigenvalue weighted by Crippen LogP contribution is -2.50. The van der Waals surface area contributed by atoms with E-state index in [1.165, 1.54) is 5.56 Å². The molecule has 0 aromatic heterocycles. The van der Waals surface area contributed by atoms with E-state index in [1.54, 1.807) is 0 Å². The third kappa shape index (κ3) is 6.33. The Balaban J connectivity index is 0.00000300. The molecule has 0 radical (unpaired) electrons. The lowest BCUT2D eigenvalue weighted by Gasteiger charge is -2.34. The van der Waals surface area contributed by atoms with Crippen molar-refractivity contribution in [1.29, 1.82) is 0 Å². The molecule has 1 aliphatic rings. The molecule has 0 spiro atoms. The quantitative estimate of drug-likeness (QED) is 0.736. The van der Waals surface area contributed by atoms with Crippen LogP contribution in [-0.2, 0) is 16.0 Å². The summed E-state index contributed by atoms with van der Waals surface area (Å²) in [6.07, 6.45) is 2.75. The first-order valence-corrected chi connectivity index (χ1v) is 10.3. The molecule has 3 rings (SSSR count). The smallest absolute Gasteiger partial charge is 0.245 e. The van der Waals surface area contributed by atoms with Gasteiger partial charge >= 0.3 is 0 Å². The van der Waals surface area contributed by atoms with Crippen LogP contribution >= 0.6 is 11.6 Å². The van der Waals surface area contributed by atoms with Crippen molar-refractivity contribution in [2.45, 2.75) is 52.0 Å². The van der Waals surface area contributed by atoms with Gasteiger partial charge in [-0.3, -0.25) is 9.59 Å². The van der Waals surface area contributed by atoms with E-state index < -0.39 is 6.04 Å². The molecule has 1 atom stereocenters. The van der Waals surface area contributed by atoms with Crippen LogP contribution in [-0.4, -0.2) is 35.8 Å². The zero-order valence-electron chi connectivity index (χ0n) is 16.2. The number of rotatable bonds is 6. The highest BCUT2D eigenvalue weighted by Gasteiger charge is 2.28. The second-order valence-corrected chi connectivity index (χ2v) is 7.78. The minimum absolute atomic E-state index is 0. The topological polar surface area (TPSA) is 49.4 Å². The van der Waals surface area contributed by atoms with Gasteiger partial charge in [-0.1, -0.05) is 68.4 Å². The van der Waals surface area contributed by atoms with Crippen molar-refractivity contribution in [3.8, 4) is 0 Å². The van der Waals surface area contributed by atoms with Gasteiger partial charge in [-0.2, -0.15) is 0 Å². The summed E-state index contributed by atoms with van der Waals surface area (Å²) < 4.78 is 0. The average Bonchev–Trinajstić information content (AvgIpc) is 2.73. The molecule has 0 saturated carbocycles. The lowest BCUT2D eigenvalue weighted by atomic mass is 9.89. The van der Waals surface area contributed by atoms with Gasteiger partial charge in [-0.25, -0.2) is 0 Å². The molecule has 1 aliphatic heterocycles. The van der Waals surface area contributed by atoms with Gasteiger partial charge in [-0.15, -0.1) is 0 Å². The Morgan fingerprint density at radius 3 is 2.28 bits per heavy atom. The Labute approximate surface area is 179 Å². The van der Waals surface area contributed by atoms with Crippen LogP contribution in [0.2, 0.25) is 5.02 Å². The highest BCUT2D eigenvalue weighted by molar-refractivity contribution is 6.30. The fourth-order valence-corrected chi connectivity index (χ4v) is 3.88. The molecular formula is C24H31ClN2O2. The Hall–Kier alpha value is -2.33. The van der Waals surface area contributed by atoms with E-state index in [2.05, 4.69) is 17.4 Å². The zero-order valence-corrected chi connectivity index (χ0v) is 17.0. The van der Waals surface area contributed by atoms with Gasteiger partial charge in [0.05, 0.1) is 6.42 Å². The van der Waals surface area contributed by atoms with E-state index in [4.69, 9.17) is 11.6 Å². The van der Waals surface area contributed by atoms with Gasteiger partial charge in [0, 0.05) is 18.1 Å². The number of benzene rings is 2. The molecule has 5 heteroatoms. The number of likely N-dealkylation sites (tertiary alicyclic amines) is 1. The van der Waals surface area contributed by atoms with Crippen LogP contribution in [0.25, 0.3) is 0 Å². The molecule has 1 heterocycles. The Bertz CT molecular complexity index is 784. The van der Waals surface area contributed by atoms with Crippen molar-refractivity contribution in [1.82, 2.24) is 10.2 Å². The fraction of sp³-hybridized carbons (Fsp3) is 0.417. The van der Waals surface area contributed by atoms with E-state index in [1.807, 2.05) is 54.3 Å². The van der Waals surface area contributed by atoms with Crippen LogP contribution in [0.15, 0.2) is 54.6 Å². The van der Waals surface area contributed by atoms with Crippen molar-refractivity contribution >= 4 is 23.4 Å². The molecule has 4 nitrogen and oxygen atoms in total. The Morgan fingerprint density at radius 2 is 1.69 bits per heavy atom. The summed E-state index contributed by atoms with van der Waals surface area (Å²) in [4.78, 5) is 27.1. The van der Waals surface area contributed by atoms with E-state index in [0.29, 0.717) is 18.8 Å². The minimum atomic E-state index is -0.455. The number of nitrogens with zero attached hydrogens (tertiary/aromatic N) is 1. The van der Waals surface area contributed by atoms with Crippen molar-refractivity contribution in [2.24, 2.45) is 0 Å². The molecule has 29 heavy (non-hydrogen) atoms. The van der Waals surface area contributed by atoms with Crippen LogP contribution in [0.4, 0.5) is 0 Å². The molecule has 156 valence electrons. The van der Waals surface area contributed by atoms with Gasteiger partial charge in [0.1, 0.15) is 6.04 Å². The molecule has 1 N–H and O–H groups in total. The number of nitrogens with one attached hydrogen (secondary N) is 1. The third-order valence-corrected chi connectivity index (χ3v) is 5.65. The van der Waals surface area contributed by atoms with Gasteiger partial charge < -0.3 is 10.2 Å². The lowest BCUT2D eigenvalue weighted by molar-refractivity contribution is -0.137. The van der Waals surface area contributed by atoms with Gasteiger partial charge in [0.25, 0.3) is 0 Å². The Morgan fingerprint density at radius 1 is 1.07 bits per heavy atom.